The fraction of sp³-hybridized carbons (Fsp3) is 0.190. The van der Waals surface area contributed by atoms with Crippen LogP contribution in [-0.4, -0.2) is 38.1 Å². The second kappa shape index (κ2) is 8.35. The van der Waals surface area contributed by atoms with Crippen molar-refractivity contribution in [3.8, 4) is 28.7 Å². The van der Waals surface area contributed by atoms with Crippen molar-refractivity contribution in [3.05, 3.63) is 65.1 Å². The molecule has 3 aromatic rings. The molecule has 2 heterocycles. The highest BCUT2D eigenvalue weighted by Gasteiger charge is 2.18. The largest absolute Gasteiger partial charge is 0.389 e. The highest BCUT2D eigenvalue weighted by Crippen LogP contribution is 2.24. The summed E-state index contributed by atoms with van der Waals surface area (Å²) in [7, 11) is 0. The van der Waals surface area contributed by atoms with Crippen molar-refractivity contribution in [1.29, 1.82) is 5.26 Å². The summed E-state index contributed by atoms with van der Waals surface area (Å²) in [6.45, 7) is 3.26. The Morgan fingerprint density at radius 2 is 1.86 bits per heavy atom. The molecule has 0 atom stereocenters. The lowest BCUT2D eigenvalue weighted by Gasteiger charge is -2.17. The Kier molecular flexibility index (Phi) is 5.87. The average Bonchev–Trinajstić information content (AvgIpc) is 2.71. The molecule has 3 rings (SSSR count). The predicted octanol–water partition coefficient (Wildman–Crippen LogP) is 3.23. The quantitative estimate of drug-likeness (QED) is 0.671. The molecule has 0 unspecified atom stereocenters. The van der Waals surface area contributed by atoms with Crippen molar-refractivity contribution in [3.63, 3.8) is 0 Å². The van der Waals surface area contributed by atoms with E-state index in [9.17, 15) is 9.90 Å². The van der Waals surface area contributed by atoms with Gasteiger partial charge in [-0.2, -0.15) is 5.26 Å². The minimum atomic E-state index is -1.05. The van der Waals surface area contributed by atoms with E-state index in [4.69, 9.17) is 16.9 Å². The lowest BCUT2D eigenvalue weighted by atomic mass is 10.1. The number of carbonyl (C=O) groups is 1. The summed E-state index contributed by atoms with van der Waals surface area (Å²) in [5.74, 6) is -0.143. The van der Waals surface area contributed by atoms with E-state index in [2.05, 4.69) is 20.3 Å². The van der Waals surface area contributed by atoms with Gasteiger partial charge in [-0.25, -0.2) is 15.0 Å². The zero-order chi connectivity index (χ0) is 21.0. The number of pyridine rings is 1. The number of benzene rings is 1. The summed E-state index contributed by atoms with van der Waals surface area (Å²) >= 11 is 5.97. The van der Waals surface area contributed by atoms with E-state index < -0.39 is 11.5 Å². The number of rotatable bonds is 5. The van der Waals surface area contributed by atoms with Crippen LogP contribution in [0.3, 0.4) is 0 Å². The fourth-order valence-electron chi connectivity index (χ4n) is 2.44. The summed E-state index contributed by atoms with van der Waals surface area (Å²) in [6.07, 6.45) is 1.48. The molecule has 8 heteroatoms. The van der Waals surface area contributed by atoms with E-state index in [1.54, 1.807) is 56.3 Å². The van der Waals surface area contributed by atoms with Crippen LogP contribution in [0, 0.1) is 11.3 Å². The van der Waals surface area contributed by atoms with E-state index in [0.717, 1.165) is 5.56 Å². The van der Waals surface area contributed by atoms with E-state index in [1.807, 2.05) is 6.07 Å². The molecule has 0 spiro atoms. The van der Waals surface area contributed by atoms with Crippen molar-refractivity contribution in [1.82, 2.24) is 20.3 Å². The van der Waals surface area contributed by atoms with E-state index >= 15 is 0 Å². The zero-order valence-electron chi connectivity index (χ0n) is 15.8. The van der Waals surface area contributed by atoms with Gasteiger partial charge < -0.3 is 10.4 Å². The number of halogens is 1. The second-order valence-corrected chi connectivity index (χ2v) is 7.44. The zero-order valence-corrected chi connectivity index (χ0v) is 16.6. The molecule has 1 aromatic carbocycles. The fourth-order valence-corrected chi connectivity index (χ4v) is 2.57. The van der Waals surface area contributed by atoms with Crippen LogP contribution >= 0.6 is 11.6 Å². The standard InChI is InChI=1S/C21H18ClN5O2/c1-21(2,29)12-25-20(28)18-9-17(13-3-6-15(22)7-4-13)26-19(27-18)14-5-8-16(10-23)24-11-14/h3-9,11,29H,12H2,1-2H3,(H,25,28). The number of hydrogen-bond donors (Lipinski definition) is 2. The Balaban J connectivity index is 2.05. The molecule has 0 bridgehead atoms. The van der Waals surface area contributed by atoms with Crippen LogP contribution in [0.1, 0.15) is 30.0 Å². The number of carbonyl (C=O) groups excluding carboxylic acids is 1. The minimum absolute atomic E-state index is 0.0693. The average molecular weight is 408 g/mol. The summed E-state index contributed by atoms with van der Waals surface area (Å²) in [4.78, 5) is 25.6. The van der Waals surface area contributed by atoms with Crippen molar-refractivity contribution in [2.24, 2.45) is 0 Å². The van der Waals surface area contributed by atoms with Gasteiger partial charge >= 0.3 is 0 Å². The summed E-state index contributed by atoms with van der Waals surface area (Å²) < 4.78 is 0. The molecule has 7 nitrogen and oxygen atoms in total. The van der Waals surface area contributed by atoms with Gasteiger partial charge in [-0.3, -0.25) is 4.79 Å². The van der Waals surface area contributed by atoms with Crippen LogP contribution in [0.15, 0.2) is 48.7 Å². The molecule has 0 radical (unpaired) electrons. The Hall–Kier alpha value is -3.34. The number of aliphatic hydroxyl groups is 1. The number of nitriles is 1. The number of aromatic nitrogens is 3. The van der Waals surface area contributed by atoms with Crippen LogP contribution in [-0.2, 0) is 0 Å². The molecule has 0 aliphatic carbocycles. The van der Waals surface area contributed by atoms with Gasteiger partial charge in [0.1, 0.15) is 17.5 Å². The molecular formula is C21H18ClN5O2. The molecule has 29 heavy (non-hydrogen) atoms. The summed E-state index contributed by atoms with van der Waals surface area (Å²) in [5, 5.41) is 22.0. The molecule has 0 saturated carbocycles. The third kappa shape index (κ3) is 5.35. The van der Waals surface area contributed by atoms with Crippen molar-refractivity contribution < 1.29 is 9.90 Å². The Morgan fingerprint density at radius 3 is 2.45 bits per heavy atom. The molecule has 0 aliphatic rings. The number of nitrogens with one attached hydrogen (secondary N) is 1. The first kappa shape index (κ1) is 20.4. The van der Waals surface area contributed by atoms with Crippen molar-refractivity contribution >= 4 is 17.5 Å². The maximum Gasteiger partial charge on any atom is 0.270 e. The Morgan fingerprint density at radius 1 is 1.17 bits per heavy atom. The molecule has 2 N–H and O–H groups in total. The summed E-state index contributed by atoms with van der Waals surface area (Å²) in [5.41, 5.74) is 1.22. The van der Waals surface area contributed by atoms with Crippen LogP contribution < -0.4 is 5.32 Å². The first-order valence-electron chi connectivity index (χ1n) is 8.77. The van der Waals surface area contributed by atoms with Gasteiger partial charge in [0, 0.05) is 28.9 Å². The Bertz CT molecular complexity index is 1070. The normalized spacial score (nSPS) is 11.0. The topological polar surface area (TPSA) is 112 Å². The first-order valence-corrected chi connectivity index (χ1v) is 9.15. The third-order valence-corrected chi connectivity index (χ3v) is 4.17. The molecular weight excluding hydrogens is 390 g/mol. The smallest absolute Gasteiger partial charge is 0.270 e. The Labute approximate surface area is 173 Å². The highest BCUT2D eigenvalue weighted by atomic mass is 35.5. The molecule has 0 saturated heterocycles. The van der Waals surface area contributed by atoms with Crippen molar-refractivity contribution in [2.75, 3.05) is 6.54 Å². The van der Waals surface area contributed by atoms with Gasteiger partial charge in [0.25, 0.3) is 5.91 Å². The van der Waals surface area contributed by atoms with E-state index in [-0.39, 0.29) is 17.9 Å². The predicted molar refractivity (Wildman–Crippen MR) is 109 cm³/mol. The lowest BCUT2D eigenvalue weighted by Crippen LogP contribution is -2.38. The van der Waals surface area contributed by atoms with E-state index in [0.29, 0.717) is 22.1 Å². The van der Waals surface area contributed by atoms with Gasteiger partial charge in [0.15, 0.2) is 5.82 Å². The number of amides is 1. The second-order valence-electron chi connectivity index (χ2n) is 7.01. The van der Waals surface area contributed by atoms with Crippen LogP contribution in [0.5, 0.6) is 0 Å². The van der Waals surface area contributed by atoms with Crippen LogP contribution in [0.2, 0.25) is 5.02 Å². The van der Waals surface area contributed by atoms with Crippen LogP contribution in [0.4, 0.5) is 0 Å². The lowest BCUT2D eigenvalue weighted by molar-refractivity contribution is 0.0692. The maximum atomic E-state index is 12.6. The summed E-state index contributed by atoms with van der Waals surface area (Å²) in [6, 6.07) is 13.8. The van der Waals surface area contributed by atoms with Gasteiger partial charge in [-0.1, -0.05) is 23.7 Å². The molecule has 0 fully saturated rings. The molecule has 2 aromatic heterocycles. The molecule has 1 amide bonds. The number of hydrogen-bond acceptors (Lipinski definition) is 6. The number of nitrogens with zero attached hydrogens (tertiary/aromatic N) is 4. The van der Waals surface area contributed by atoms with Crippen molar-refractivity contribution in [2.45, 2.75) is 19.4 Å². The van der Waals surface area contributed by atoms with Gasteiger partial charge in [-0.15, -0.1) is 0 Å². The maximum absolute atomic E-state index is 12.6. The third-order valence-electron chi connectivity index (χ3n) is 3.92. The van der Waals surface area contributed by atoms with Crippen LogP contribution in [0.25, 0.3) is 22.6 Å². The van der Waals surface area contributed by atoms with Gasteiger partial charge in [0.05, 0.1) is 11.3 Å². The monoisotopic (exact) mass is 407 g/mol. The van der Waals surface area contributed by atoms with Gasteiger partial charge in [0.2, 0.25) is 0 Å². The highest BCUT2D eigenvalue weighted by molar-refractivity contribution is 6.30. The van der Waals surface area contributed by atoms with Gasteiger partial charge in [-0.05, 0) is 44.2 Å². The minimum Gasteiger partial charge on any atom is -0.389 e. The SMILES string of the molecule is CC(C)(O)CNC(=O)c1cc(-c2ccc(Cl)cc2)nc(-c2ccc(C#N)nc2)n1. The first-order chi connectivity index (χ1) is 13.7. The molecule has 0 aliphatic heterocycles. The molecule has 146 valence electrons. The van der Waals surface area contributed by atoms with E-state index in [1.165, 1.54) is 6.20 Å².